The zero-order chi connectivity index (χ0) is 17.1. The molecule has 0 saturated heterocycles. The van der Waals surface area contributed by atoms with Crippen LogP contribution in [0.3, 0.4) is 0 Å². The summed E-state index contributed by atoms with van der Waals surface area (Å²) in [5, 5.41) is 19.4. The van der Waals surface area contributed by atoms with Crippen molar-refractivity contribution < 1.29 is 38.7 Å². The second-order valence-electron chi connectivity index (χ2n) is 4.56. The van der Waals surface area contributed by atoms with Crippen molar-refractivity contribution in [3.8, 4) is 0 Å². The molecule has 8 heteroatoms. The summed E-state index contributed by atoms with van der Waals surface area (Å²) in [6.07, 6.45) is -3.01. The minimum Gasteiger partial charge on any atom is -0.463 e. The SMILES string of the molecule is C=CCOC(COC(C)=O)OC(COC(C)=O)C(O)C(C)O. The third-order valence-electron chi connectivity index (χ3n) is 2.48. The van der Waals surface area contributed by atoms with E-state index in [0.717, 1.165) is 0 Å². The summed E-state index contributed by atoms with van der Waals surface area (Å²) in [6, 6.07) is 0. The Bertz CT molecular complexity index is 355. The van der Waals surface area contributed by atoms with Gasteiger partial charge in [0.1, 0.15) is 25.4 Å². The van der Waals surface area contributed by atoms with E-state index >= 15 is 0 Å². The number of aliphatic hydroxyl groups excluding tert-OH is 2. The first-order chi connectivity index (χ1) is 10.3. The Labute approximate surface area is 129 Å². The zero-order valence-corrected chi connectivity index (χ0v) is 13.1. The van der Waals surface area contributed by atoms with Gasteiger partial charge in [-0.25, -0.2) is 0 Å². The number of hydrogen-bond donors (Lipinski definition) is 2. The lowest BCUT2D eigenvalue weighted by molar-refractivity contribution is -0.226. The number of ether oxygens (including phenoxy) is 4. The summed E-state index contributed by atoms with van der Waals surface area (Å²) in [5.74, 6) is -1.08. The van der Waals surface area contributed by atoms with Crippen LogP contribution in [0.15, 0.2) is 12.7 Å². The van der Waals surface area contributed by atoms with Gasteiger partial charge in [-0.2, -0.15) is 0 Å². The maximum Gasteiger partial charge on any atom is 0.302 e. The average Bonchev–Trinajstić information content (AvgIpc) is 2.44. The smallest absolute Gasteiger partial charge is 0.302 e. The molecule has 0 radical (unpaired) electrons. The van der Waals surface area contributed by atoms with E-state index in [1.54, 1.807) is 0 Å². The summed E-state index contributed by atoms with van der Waals surface area (Å²) >= 11 is 0. The van der Waals surface area contributed by atoms with Crippen LogP contribution in [0.5, 0.6) is 0 Å². The summed E-state index contributed by atoms with van der Waals surface area (Å²) < 4.78 is 20.3. The first kappa shape index (κ1) is 20.5. The maximum atomic E-state index is 10.9. The van der Waals surface area contributed by atoms with Crippen LogP contribution < -0.4 is 0 Å². The number of carbonyl (C=O) groups excluding carboxylic acids is 2. The summed E-state index contributed by atoms with van der Waals surface area (Å²) in [4.78, 5) is 21.7. The molecular weight excluding hydrogens is 296 g/mol. The van der Waals surface area contributed by atoms with Crippen LogP contribution in [0.4, 0.5) is 0 Å². The number of carbonyl (C=O) groups is 2. The molecule has 4 atom stereocenters. The highest BCUT2D eigenvalue weighted by atomic mass is 16.7. The van der Waals surface area contributed by atoms with Gasteiger partial charge in [-0.05, 0) is 6.92 Å². The van der Waals surface area contributed by atoms with Gasteiger partial charge in [0.05, 0.1) is 12.7 Å². The quantitative estimate of drug-likeness (QED) is 0.305. The van der Waals surface area contributed by atoms with Gasteiger partial charge in [-0.15, -0.1) is 6.58 Å². The molecule has 2 N–H and O–H groups in total. The van der Waals surface area contributed by atoms with Gasteiger partial charge in [0.2, 0.25) is 0 Å². The molecule has 0 rings (SSSR count). The largest absolute Gasteiger partial charge is 0.463 e. The van der Waals surface area contributed by atoms with Crippen molar-refractivity contribution in [3.05, 3.63) is 12.7 Å². The predicted octanol–water partition coefficient (Wildman–Crippen LogP) is -0.232. The third-order valence-corrected chi connectivity index (χ3v) is 2.48. The molecule has 0 bridgehead atoms. The van der Waals surface area contributed by atoms with Crippen molar-refractivity contribution >= 4 is 11.9 Å². The molecule has 0 aromatic carbocycles. The van der Waals surface area contributed by atoms with Crippen molar-refractivity contribution in [3.63, 3.8) is 0 Å². The topological polar surface area (TPSA) is 112 Å². The highest BCUT2D eigenvalue weighted by Crippen LogP contribution is 2.11. The summed E-state index contributed by atoms with van der Waals surface area (Å²) in [7, 11) is 0. The van der Waals surface area contributed by atoms with Crippen LogP contribution in [0.2, 0.25) is 0 Å². The molecular formula is C14H24O8. The standard InChI is InChI=1S/C14H24O8/c1-5-6-19-13(8-21-11(4)17)22-12(7-20-10(3)16)14(18)9(2)15/h5,9,12-15,18H,1,6-8H2,2-4H3. The summed E-state index contributed by atoms with van der Waals surface area (Å²) in [6.45, 7) is 6.90. The highest BCUT2D eigenvalue weighted by Gasteiger charge is 2.29. The Hall–Kier alpha value is -1.48. The summed E-state index contributed by atoms with van der Waals surface area (Å²) in [5.41, 5.74) is 0. The molecule has 0 amide bonds. The Balaban J connectivity index is 4.77. The molecule has 0 spiro atoms. The fourth-order valence-corrected chi connectivity index (χ4v) is 1.41. The number of aliphatic hydroxyl groups is 2. The van der Waals surface area contributed by atoms with Gasteiger partial charge in [-0.3, -0.25) is 9.59 Å². The van der Waals surface area contributed by atoms with Gasteiger partial charge in [0, 0.05) is 13.8 Å². The van der Waals surface area contributed by atoms with Crippen LogP contribution in [0, 0.1) is 0 Å². The van der Waals surface area contributed by atoms with Crippen LogP contribution in [-0.2, 0) is 28.5 Å². The van der Waals surface area contributed by atoms with E-state index in [1.807, 2.05) is 0 Å². The lowest BCUT2D eigenvalue weighted by Crippen LogP contribution is -2.44. The molecule has 0 aliphatic heterocycles. The van der Waals surface area contributed by atoms with E-state index in [4.69, 9.17) is 18.9 Å². The van der Waals surface area contributed by atoms with Gasteiger partial charge in [-0.1, -0.05) is 6.08 Å². The normalized spacial score (nSPS) is 16.2. The minimum absolute atomic E-state index is 0.122. The lowest BCUT2D eigenvalue weighted by Gasteiger charge is -2.28. The second-order valence-corrected chi connectivity index (χ2v) is 4.56. The molecule has 8 nitrogen and oxygen atoms in total. The fraction of sp³-hybridized carbons (Fsp3) is 0.714. The number of rotatable bonds is 11. The van der Waals surface area contributed by atoms with Crippen molar-refractivity contribution in [1.29, 1.82) is 0 Å². The Kier molecular flexibility index (Phi) is 10.4. The Morgan fingerprint density at radius 1 is 1.14 bits per heavy atom. The van der Waals surface area contributed by atoms with E-state index < -0.39 is 36.5 Å². The van der Waals surface area contributed by atoms with Crippen LogP contribution in [0.25, 0.3) is 0 Å². The van der Waals surface area contributed by atoms with Crippen molar-refractivity contribution in [2.45, 2.75) is 45.4 Å². The molecule has 0 aromatic heterocycles. The van der Waals surface area contributed by atoms with E-state index in [2.05, 4.69) is 6.58 Å². The first-order valence-corrected chi connectivity index (χ1v) is 6.78. The molecule has 0 heterocycles. The molecule has 128 valence electrons. The zero-order valence-electron chi connectivity index (χ0n) is 13.1. The highest BCUT2D eigenvalue weighted by molar-refractivity contribution is 5.66. The molecule has 0 aliphatic rings. The first-order valence-electron chi connectivity index (χ1n) is 6.78. The predicted molar refractivity (Wildman–Crippen MR) is 75.8 cm³/mol. The van der Waals surface area contributed by atoms with Crippen molar-refractivity contribution in [1.82, 2.24) is 0 Å². The number of esters is 2. The van der Waals surface area contributed by atoms with Crippen LogP contribution in [0.1, 0.15) is 20.8 Å². The molecule has 0 saturated carbocycles. The van der Waals surface area contributed by atoms with Gasteiger partial charge >= 0.3 is 11.9 Å². The average molecular weight is 320 g/mol. The van der Waals surface area contributed by atoms with Crippen molar-refractivity contribution in [2.24, 2.45) is 0 Å². The van der Waals surface area contributed by atoms with E-state index in [0.29, 0.717) is 0 Å². The molecule has 4 unspecified atom stereocenters. The van der Waals surface area contributed by atoms with Crippen LogP contribution in [-0.4, -0.2) is 66.6 Å². The molecule has 0 aromatic rings. The van der Waals surface area contributed by atoms with Gasteiger partial charge in [0.25, 0.3) is 0 Å². The van der Waals surface area contributed by atoms with Gasteiger partial charge < -0.3 is 29.2 Å². The van der Waals surface area contributed by atoms with Crippen LogP contribution >= 0.6 is 0 Å². The molecule has 0 fully saturated rings. The van der Waals surface area contributed by atoms with E-state index in [-0.39, 0.29) is 19.8 Å². The van der Waals surface area contributed by atoms with Crippen molar-refractivity contribution in [2.75, 3.05) is 19.8 Å². The Morgan fingerprint density at radius 2 is 1.68 bits per heavy atom. The minimum atomic E-state index is -1.31. The fourth-order valence-electron chi connectivity index (χ4n) is 1.41. The molecule has 0 aliphatic carbocycles. The second kappa shape index (κ2) is 11.1. The maximum absolute atomic E-state index is 10.9. The van der Waals surface area contributed by atoms with Gasteiger partial charge in [0.15, 0.2) is 6.29 Å². The van der Waals surface area contributed by atoms with E-state index in [1.165, 1.54) is 26.8 Å². The van der Waals surface area contributed by atoms with E-state index in [9.17, 15) is 19.8 Å². The Morgan fingerprint density at radius 3 is 2.14 bits per heavy atom. The number of hydrogen-bond acceptors (Lipinski definition) is 8. The molecule has 22 heavy (non-hydrogen) atoms. The third kappa shape index (κ3) is 9.46. The monoisotopic (exact) mass is 320 g/mol. The lowest BCUT2D eigenvalue weighted by atomic mass is 10.1.